The van der Waals surface area contributed by atoms with E-state index >= 15 is 0 Å². The Morgan fingerprint density at radius 3 is 2.70 bits per heavy atom. The summed E-state index contributed by atoms with van der Waals surface area (Å²) in [6, 6.07) is 1.56. The van der Waals surface area contributed by atoms with Gasteiger partial charge in [-0.2, -0.15) is 11.8 Å². The number of thioether (sulfide) groups is 1. The lowest BCUT2D eigenvalue weighted by Gasteiger charge is -2.40. The van der Waals surface area contributed by atoms with Crippen molar-refractivity contribution in [1.29, 1.82) is 0 Å². The second-order valence-corrected chi connectivity index (χ2v) is 7.19. The van der Waals surface area contributed by atoms with Crippen molar-refractivity contribution in [1.82, 2.24) is 10.2 Å². The number of piperidine rings is 1. The van der Waals surface area contributed by atoms with E-state index in [1.165, 1.54) is 51.5 Å². The second-order valence-electron chi connectivity index (χ2n) is 6.21. The third kappa shape index (κ3) is 4.96. The lowest BCUT2D eigenvalue weighted by atomic mass is 9.96. The zero-order chi connectivity index (χ0) is 14.2. The zero-order valence-corrected chi connectivity index (χ0v) is 13.7. The molecule has 1 saturated heterocycles. The first-order chi connectivity index (χ1) is 9.81. The molecule has 2 rings (SSSR count). The van der Waals surface area contributed by atoms with Crippen LogP contribution in [0.25, 0.3) is 0 Å². The monoisotopic (exact) mass is 298 g/mol. The van der Waals surface area contributed by atoms with E-state index in [2.05, 4.69) is 16.5 Å². The molecule has 116 valence electrons. The fourth-order valence-electron chi connectivity index (χ4n) is 3.71. The standard InChI is InChI=1S/C16H30N2OS/c1-20-13-10-16(19)17-11-9-15-8-4-5-12-18(15)14-6-2-3-7-14/h14-15H,2-13H2,1H3,(H,17,19)/t15-/m1/s1. The number of carbonyl (C=O) groups is 1. The van der Waals surface area contributed by atoms with E-state index in [1.807, 2.05) is 0 Å². The van der Waals surface area contributed by atoms with Gasteiger partial charge in [0, 0.05) is 30.8 Å². The van der Waals surface area contributed by atoms with Gasteiger partial charge < -0.3 is 5.32 Å². The van der Waals surface area contributed by atoms with Crippen LogP contribution in [0.4, 0.5) is 0 Å². The number of carbonyl (C=O) groups excluding carboxylic acids is 1. The second kappa shape index (κ2) is 8.93. The van der Waals surface area contributed by atoms with Gasteiger partial charge in [-0.3, -0.25) is 9.69 Å². The van der Waals surface area contributed by atoms with Gasteiger partial charge in [-0.15, -0.1) is 0 Å². The first-order valence-corrected chi connectivity index (χ1v) is 9.72. The van der Waals surface area contributed by atoms with Crippen LogP contribution in [-0.4, -0.2) is 48.0 Å². The molecule has 0 aromatic carbocycles. The molecule has 1 N–H and O–H groups in total. The Morgan fingerprint density at radius 2 is 1.95 bits per heavy atom. The van der Waals surface area contributed by atoms with E-state index in [0.29, 0.717) is 12.5 Å². The molecule has 1 saturated carbocycles. The molecule has 0 bridgehead atoms. The summed E-state index contributed by atoms with van der Waals surface area (Å²) < 4.78 is 0. The fourth-order valence-corrected chi connectivity index (χ4v) is 4.10. The van der Waals surface area contributed by atoms with Crippen LogP contribution in [-0.2, 0) is 4.79 Å². The smallest absolute Gasteiger partial charge is 0.220 e. The van der Waals surface area contributed by atoms with Crippen LogP contribution in [0.3, 0.4) is 0 Å². The maximum Gasteiger partial charge on any atom is 0.220 e. The number of nitrogens with one attached hydrogen (secondary N) is 1. The largest absolute Gasteiger partial charge is 0.356 e. The van der Waals surface area contributed by atoms with E-state index < -0.39 is 0 Å². The first-order valence-electron chi connectivity index (χ1n) is 8.32. The maximum absolute atomic E-state index is 11.6. The minimum atomic E-state index is 0.225. The lowest BCUT2D eigenvalue weighted by molar-refractivity contribution is -0.120. The van der Waals surface area contributed by atoms with Gasteiger partial charge in [-0.05, 0) is 44.9 Å². The summed E-state index contributed by atoms with van der Waals surface area (Å²) in [5.74, 6) is 1.16. The number of rotatable bonds is 7. The van der Waals surface area contributed by atoms with Crippen LogP contribution in [0.5, 0.6) is 0 Å². The molecule has 2 aliphatic rings. The van der Waals surface area contributed by atoms with Gasteiger partial charge in [0.25, 0.3) is 0 Å². The van der Waals surface area contributed by atoms with Crippen molar-refractivity contribution >= 4 is 17.7 Å². The SMILES string of the molecule is CSCCC(=O)NCC[C@H]1CCCCN1C1CCCC1. The average molecular weight is 298 g/mol. The van der Waals surface area contributed by atoms with Crippen LogP contribution in [0.15, 0.2) is 0 Å². The van der Waals surface area contributed by atoms with Crippen molar-refractivity contribution in [3.05, 3.63) is 0 Å². The predicted molar refractivity (Wildman–Crippen MR) is 87.2 cm³/mol. The van der Waals surface area contributed by atoms with E-state index in [0.717, 1.165) is 24.8 Å². The van der Waals surface area contributed by atoms with Crippen LogP contribution in [0.1, 0.15) is 57.8 Å². The summed E-state index contributed by atoms with van der Waals surface area (Å²) in [6.45, 7) is 2.15. The Labute approximate surface area is 128 Å². The highest BCUT2D eigenvalue weighted by Gasteiger charge is 2.30. The number of hydrogen-bond acceptors (Lipinski definition) is 3. The Bertz CT molecular complexity index is 292. The molecule has 0 unspecified atom stereocenters. The third-order valence-corrected chi connectivity index (χ3v) is 5.41. The number of hydrogen-bond donors (Lipinski definition) is 1. The fraction of sp³-hybridized carbons (Fsp3) is 0.938. The Morgan fingerprint density at radius 1 is 1.20 bits per heavy atom. The number of nitrogens with zero attached hydrogens (tertiary/aromatic N) is 1. The van der Waals surface area contributed by atoms with E-state index in [-0.39, 0.29) is 5.91 Å². The molecule has 1 amide bonds. The van der Waals surface area contributed by atoms with E-state index in [9.17, 15) is 4.79 Å². The van der Waals surface area contributed by atoms with Crippen molar-refractivity contribution < 1.29 is 4.79 Å². The molecule has 1 aliphatic heterocycles. The zero-order valence-electron chi connectivity index (χ0n) is 12.9. The molecule has 2 fully saturated rings. The molecule has 0 spiro atoms. The molecular formula is C16H30N2OS. The highest BCUT2D eigenvalue weighted by Crippen LogP contribution is 2.30. The Hall–Kier alpha value is -0.220. The van der Waals surface area contributed by atoms with Crippen LogP contribution in [0.2, 0.25) is 0 Å². The topological polar surface area (TPSA) is 32.3 Å². The highest BCUT2D eigenvalue weighted by atomic mass is 32.2. The normalized spacial score (nSPS) is 24.9. The van der Waals surface area contributed by atoms with E-state index in [1.54, 1.807) is 11.8 Å². The van der Waals surface area contributed by atoms with Gasteiger partial charge in [0.2, 0.25) is 5.91 Å². The summed E-state index contributed by atoms with van der Waals surface area (Å²) in [5, 5.41) is 3.10. The minimum absolute atomic E-state index is 0.225. The van der Waals surface area contributed by atoms with Crippen molar-refractivity contribution in [2.24, 2.45) is 0 Å². The van der Waals surface area contributed by atoms with E-state index in [4.69, 9.17) is 0 Å². The Balaban J connectivity index is 1.70. The molecule has 0 aromatic rings. The number of amides is 1. The van der Waals surface area contributed by atoms with Gasteiger partial charge in [0.05, 0.1) is 0 Å². The first kappa shape index (κ1) is 16.2. The van der Waals surface area contributed by atoms with Crippen molar-refractivity contribution in [3.8, 4) is 0 Å². The summed E-state index contributed by atoms with van der Waals surface area (Å²) in [4.78, 5) is 14.4. The van der Waals surface area contributed by atoms with Gasteiger partial charge in [0.15, 0.2) is 0 Å². The summed E-state index contributed by atoms with van der Waals surface area (Å²) >= 11 is 1.74. The lowest BCUT2D eigenvalue weighted by Crippen LogP contribution is -2.46. The molecule has 1 atom stereocenters. The molecule has 1 heterocycles. The highest BCUT2D eigenvalue weighted by molar-refractivity contribution is 7.98. The van der Waals surface area contributed by atoms with Crippen molar-refractivity contribution in [3.63, 3.8) is 0 Å². The van der Waals surface area contributed by atoms with Crippen molar-refractivity contribution in [2.45, 2.75) is 69.9 Å². The van der Waals surface area contributed by atoms with Gasteiger partial charge in [0.1, 0.15) is 0 Å². The van der Waals surface area contributed by atoms with Gasteiger partial charge in [-0.25, -0.2) is 0 Å². The third-order valence-electron chi connectivity index (χ3n) is 4.80. The summed E-state index contributed by atoms with van der Waals surface area (Å²) in [6.07, 6.45) is 13.6. The molecule has 1 aliphatic carbocycles. The molecular weight excluding hydrogens is 268 g/mol. The maximum atomic E-state index is 11.6. The predicted octanol–water partition coefficient (Wildman–Crippen LogP) is 3.04. The molecule has 4 heteroatoms. The Kier molecular flexibility index (Phi) is 7.22. The summed E-state index contributed by atoms with van der Waals surface area (Å²) in [7, 11) is 0. The van der Waals surface area contributed by atoms with Gasteiger partial charge in [-0.1, -0.05) is 19.3 Å². The van der Waals surface area contributed by atoms with Crippen molar-refractivity contribution in [2.75, 3.05) is 25.1 Å². The van der Waals surface area contributed by atoms with Gasteiger partial charge >= 0.3 is 0 Å². The molecule has 0 aromatic heterocycles. The molecule has 3 nitrogen and oxygen atoms in total. The summed E-state index contributed by atoms with van der Waals surface area (Å²) in [5.41, 5.74) is 0. The molecule has 0 radical (unpaired) electrons. The molecule has 20 heavy (non-hydrogen) atoms. The minimum Gasteiger partial charge on any atom is -0.356 e. The van der Waals surface area contributed by atoms with Crippen LogP contribution in [0, 0.1) is 0 Å². The number of likely N-dealkylation sites (tertiary alicyclic amines) is 1. The average Bonchev–Trinajstić information content (AvgIpc) is 2.99. The van der Waals surface area contributed by atoms with Crippen LogP contribution < -0.4 is 5.32 Å². The quantitative estimate of drug-likeness (QED) is 0.784. The van der Waals surface area contributed by atoms with Crippen LogP contribution >= 0.6 is 11.8 Å².